The summed E-state index contributed by atoms with van der Waals surface area (Å²) in [5.41, 5.74) is 2.52. The molecular weight excluding hydrogens is 252 g/mol. The van der Waals surface area contributed by atoms with Crippen molar-refractivity contribution in [2.24, 2.45) is 0 Å². The number of nitrogens with zero attached hydrogens (tertiary/aromatic N) is 2. The minimum absolute atomic E-state index is 0.0910. The first-order valence-corrected chi connectivity index (χ1v) is 6.57. The third kappa shape index (κ3) is 2.96. The van der Waals surface area contributed by atoms with E-state index < -0.39 is 6.10 Å². The van der Waals surface area contributed by atoms with Crippen LogP contribution in [0.15, 0.2) is 36.7 Å². The molecule has 0 aliphatic carbocycles. The van der Waals surface area contributed by atoms with Gasteiger partial charge in [0.25, 0.3) is 0 Å². The van der Waals surface area contributed by atoms with Crippen molar-refractivity contribution in [3.8, 4) is 5.88 Å². The van der Waals surface area contributed by atoms with Crippen LogP contribution in [0.3, 0.4) is 0 Å². The highest BCUT2D eigenvalue weighted by Gasteiger charge is 2.19. The van der Waals surface area contributed by atoms with E-state index in [-0.39, 0.29) is 5.41 Å². The fraction of sp³-hybridized carbons (Fsp3) is 0.375. The van der Waals surface area contributed by atoms with E-state index in [1.807, 2.05) is 24.3 Å². The molecule has 0 aliphatic heterocycles. The molecule has 0 fully saturated rings. The Bertz CT molecular complexity index is 574. The lowest BCUT2D eigenvalue weighted by Gasteiger charge is -2.20. The lowest BCUT2D eigenvalue weighted by Crippen LogP contribution is -2.11. The number of hydrogen-bond acceptors (Lipinski definition) is 4. The van der Waals surface area contributed by atoms with Crippen LogP contribution in [-0.2, 0) is 5.41 Å². The van der Waals surface area contributed by atoms with Crippen LogP contribution in [-0.4, -0.2) is 22.2 Å². The number of methoxy groups -OCH3 is 1. The maximum atomic E-state index is 10.4. The molecule has 4 nitrogen and oxygen atoms in total. The fourth-order valence-electron chi connectivity index (χ4n) is 2.00. The molecule has 0 saturated heterocycles. The highest BCUT2D eigenvalue weighted by Crippen LogP contribution is 2.28. The molecule has 1 atom stereocenters. The predicted octanol–water partition coefficient (Wildman–Crippen LogP) is 2.86. The average Bonchev–Trinajstić information content (AvgIpc) is 2.45. The van der Waals surface area contributed by atoms with Gasteiger partial charge in [-0.3, -0.25) is 4.98 Å². The molecule has 1 aromatic carbocycles. The zero-order valence-corrected chi connectivity index (χ0v) is 12.3. The predicted molar refractivity (Wildman–Crippen MR) is 77.8 cm³/mol. The topological polar surface area (TPSA) is 55.2 Å². The van der Waals surface area contributed by atoms with Crippen LogP contribution in [0.5, 0.6) is 5.88 Å². The molecular formula is C16H20N2O2. The molecule has 0 amide bonds. The van der Waals surface area contributed by atoms with Crippen molar-refractivity contribution < 1.29 is 9.84 Å². The minimum atomic E-state index is -0.840. The zero-order chi connectivity index (χ0) is 14.8. The van der Waals surface area contributed by atoms with Crippen LogP contribution >= 0.6 is 0 Å². The second kappa shape index (κ2) is 5.59. The van der Waals surface area contributed by atoms with Gasteiger partial charge in [0.1, 0.15) is 11.8 Å². The molecule has 2 rings (SSSR count). The van der Waals surface area contributed by atoms with E-state index in [4.69, 9.17) is 4.74 Å². The smallest absolute Gasteiger partial charge is 0.238 e. The Morgan fingerprint density at radius 3 is 2.20 bits per heavy atom. The minimum Gasteiger partial charge on any atom is -0.480 e. The summed E-state index contributed by atoms with van der Waals surface area (Å²) in [6, 6.07) is 7.89. The quantitative estimate of drug-likeness (QED) is 0.933. The summed E-state index contributed by atoms with van der Waals surface area (Å²) in [5.74, 6) is 0.347. The number of rotatable bonds is 3. The van der Waals surface area contributed by atoms with Gasteiger partial charge in [-0.25, -0.2) is 4.98 Å². The third-order valence-corrected chi connectivity index (χ3v) is 3.24. The average molecular weight is 272 g/mol. The molecule has 0 bridgehead atoms. The number of aromatic nitrogens is 2. The number of aliphatic hydroxyl groups is 1. The summed E-state index contributed by atoms with van der Waals surface area (Å²) in [4.78, 5) is 8.22. The van der Waals surface area contributed by atoms with Gasteiger partial charge in [0.15, 0.2) is 0 Å². The highest BCUT2D eigenvalue weighted by molar-refractivity contribution is 5.34. The van der Waals surface area contributed by atoms with Crippen LogP contribution in [0.1, 0.15) is 43.7 Å². The van der Waals surface area contributed by atoms with Crippen molar-refractivity contribution in [1.82, 2.24) is 9.97 Å². The molecule has 1 aromatic heterocycles. The van der Waals surface area contributed by atoms with E-state index in [1.54, 1.807) is 6.20 Å². The van der Waals surface area contributed by atoms with Gasteiger partial charge in [-0.05, 0) is 16.5 Å². The lowest BCUT2D eigenvalue weighted by molar-refractivity contribution is 0.207. The molecule has 20 heavy (non-hydrogen) atoms. The summed E-state index contributed by atoms with van der Waals surface area (Å²) in [5, 5.41) is 10.4. The lowest BCUT2D eigenvalue weighted by atomic mass is 9.86. The molecule has 106 valence electrons. The maximum absolute atomic E-state index is 10.4. The van der Waals surface area contributed by atoms with Crippen molar-refractivity contribution in [2.75, 3.05) is 7.11 Å². The van der Waals surface area contributed by atoms with Crippen molar-refractivity contribution in [3.05, 3.63) is 53.5 Å². The van der Waals surface area contributed by atoms with Crippen LogP contribution in [0.2, 0.25) is 0 Å². The Kier molecular flexibility index (Phi) is 4.04. The third-order valence-electron chi connectivity index (χ3n) is 3.24. The summed E-state index contributed by atoms with van der Waals surface area (Å²) < 4.78 is 5.13. The van der Waals surface area contributed by atoms with Crippen molar-refractivity contribution in [1.29, 1.82) is 0 Å². The van der Waals surface area contributed by atoms with Crippen LogP contribution in [0, 0.1) is 0 Å². The second-order valence-corrected chi connectivity index (χ2v) is 5.73. The van der Waals surface area contributed by atoms with Crippen LogP contribution < -0.4 is 4.74 Å². The Balaban J connectivity index is 2.32. The van der Waals surface area contributed by atoms with Gasteiger partial charge in [0.2, 0.25) is 5.88 Å². The molecule has 1 unspecified atom stereocenters. The highest BCUT2D eigenvalue weighted by atomic mass is 16.5. The number of benzene rings is 1. The molecule has 0 spiro atoms. The van der Waals surface area contributed by atoms with Crippen LogP contribution in [0.25, 0.3) is 0 Å². The van der Waals surface area contributed by atoms with Gasteiger partial charge in [0.05, 0.1) is 7.11 Å². The second-order valence-electron chi connectivity index (χ2n) is 5.73. The number of ether oxygens (including phenoxy) is 1. The summed E-state index contributed by atoms with van der Waals surface area (Å²) in [6.45, 7) is 6.47. The van der Waals surface area contributed by atoms with Gasteiger partial charge < -0.3 is 9.84 Å². The number of aliphatic hydroxyl groups excluding tert-OH is 1. The van der Waals surface area contributed by atoms with E-state index >= 15 is 0 Å². The molecule has 1 heterocycles. The van der Waals surface area contributed by atoms with Gasteiger partial charge in [-0.2, -0.15) is 0 Å². The van der Waals surface area contributed by atoms with Gasteiger partial charge in [0, 0.05) is 12.4 Å². The summed E-state index contributed by atoms with van der Waals surface area (Å²) >= 11 is 0. The molecule has 4 heteroatoms. The van der Waals surface area contributed by atoms with Gasteiger partial charge >= 0.3 is 0 Å². The molecule has 0 radical (unpaired) electrons. The van der Waals surface area contributed by atoms with Gasteiger partial charge in [-0.1, -0.05) is 45.0 Å². The normalized spacial score (nSPS) is 13.1. The van der Waals surface area contributed by atoms with E-state index in [0.29, 0.717) is 11.6 Å². The van der Waals surface area contributed by atoms with E-state index in [2.05, 4.69) is 30.7 Å². The first kappa shape index (κ1) is 14.5. The summed E-state index contributed by atoms with van der Waals surface area (Å²) in [6.07, 6.45) is 2.25. The standard InChI is InChI=1S/C16H20N2O2/c1-16(2,3)12-7-5-11(6-8-12)14(19)13-15(20-4)18-10-9-17-13/h5-10,14,19H,1-4H3. The fourth-order valence-corrected chi connectivity index (χ4v) is 2.00. The molecule has 0 saturated carbocycles. The molecule has 1 N–H and O–H groups in total. The van der Waals surface area contributed by atoms with Crippen molar-refractivity contribution in [2.45, 2.75) is 32.3 Å². The molecule has 0 aliphatic rings. The SMILES string of the molecule is COc1nccnc1C(O)c1ccc(C(C)(C)C)cc1. The van der Waals surface area contributed by atoms with Crippen molar-refractivity contribution in [3.63, 3.8) is 0 Å². The zero-order valence-electron chi connectivity index (χ0n) is 12.3. The first-order chi connectivity index (χ1) is 9.43. The van der Waals surface area contributed by atoms with Gasteiger partial charge in [-0.15, -0.1) is 0 Å². The van der Waals surface area contributed by atoms with Crippen molar-refractivity contribution >= 4 is 0 Å². The maximum Gasteiger partial charge on any atom is 0.238 e. The summed E-state index contributed by atoms with van der Waals surface area (Å²) in [7, 11) is 1.52. The monoisotopic (exact) mass is 272 g/mol. The largest absolute Gasteiger partial charge is 0.480 e. The Morgan fingerprint density at radius 2 is 1.65 bits per heavy atom. The van der Waals surface area contributed by atoms with E-state index in [0.717, 1.165) is 5.56 Å². The Hall–Kier alpha value is -1.94. The Morgan fingerprint density at radius 1 is 1.05 bits per heavy atom. The number of hydrogen-bond donors (Lipinski definition) is 1. The molecule has 2 aromatic rings. The van der Waals surface area contributed by atoms with E-state index in [1.165, 1.54) is 18.9 Å². The van der Waals surface area contributed by atoms with Crippen LogP contribution in [0.4, 0.5) is 0 Å². The first-order valence-electron chi connectivity index (χ1n) is 6.57. The Labute approximate surface area is 119 Å². The van der Waals surface area contributed by atoms with E-state index in [9.17, 15) is 5.11 Å².